The molecule has 0 heterocycles. The van der Waals surface area contributed by atoms with Crippen LogP contribution in [0.5, 0.6) is 0 Å². The van der Waals surface area contributed by atoms with Gasteiger partial charge in [0.05, 0.1) is 0 Å². The molecule has 0 fully saturated rings. The standard InChI is InChI=1S/C9H11IN2O/c10-7-1-2-8(9(12)13)6(5-7)3-4-11/h1-2,5H,3-4,11H2,(H2,12,13). The predicted molar refractivity (Wildman–Crippen MR) is 60.4 cm³/mol. The number of carbonyl (C=O) groups is 1. The number of nitrogens with two attached hydrogens (primary N) is 2. The molecule has 0 saturated carbocycles. The van der Waals surface area contributed by atoms with Crippen LogP contribution in [0.15, 0.2) is 18.2 Å². The Labute approximate surface area is 90.6 Å². The lowest BCUT2D eigenvalue weighted by molar-refractivity contribution is 0.0999. The molecule has 70 valence electrons. The number of amides is 1. The summed E-state index contributed by atoms with van der Waals surface area (Å²) in [6, 6.07) is 5.54. The maximum atomic E-state index is 11.0. The molecule has 0 aliphatic rings. The Morgan fingerprint density at radius 1 is 1.46 bits per heavy atom. The molecule has 3 nitrogen and oxygen atoms in total. The average Bonchev–Trinajstić information content (AvgIpc) is 2.04. The summed E-state index contributed by atoms with van der Waals surface area (Å²) >= 11 is 2.19. The summed E-state index contributed by atoms with van der Waals surface area (Å²) < 4.78 is 1.09. The Kier molecular flexibility index (Phi) is 3.68. The summed E-state index contributed by atoms with van der Waals surface area (Å²) in [5, 5.41) is 0. The molecule has 0 aliphatic carbocycles. The first-order chi connectivity index (χ1) is 6.15. The Balaban J connectivity index is 3.10. The lowest BCUT2D eigenvalue weighted by Gasteiger charge is -2.05. The number of hydrogen-bond acceptors (Lipinski definition) is 2. The third kappa shape index (κ3) is 2.67. The highest BCUT2D eigenvalue weighted by atomic mass is 127. The van der Waals surface area contributed by atoms with Gasteiger partial charge in [0, 0.05) is 9.13 Å². The minimum absolute atomic E-state index is 0.389. The smallest absolute Gasteiger partial charge is 0.248 e. The normalized spacial score (nSPS) is 10.0. The van der Waals surface area contributed by atoms with E-state index < -0.39 is 0 Å². The van der Waals surface area contributed by atoms with Crippen molar-refractivity contribution in [1.29, 1.82) is 0 Å². The van der Waals surface area contributed by atoms with Crippen LogP contribution in [0, 0.1) is 3.57 Å². The van der Waals surface area contributed by atoms with E-state index in [9.17, 15) is 4.79 Å². The van der Waals surface area contributed by atoms with E-state index in [1.54, 1.807) is 6.07 Å². The van der Waals surface area contributed by atoms with E-state index >= 15 is 0 Å². The molecule has 0 unspecified atom stereocenters. The minimum Gasteiger partial charge on any atom is -0.366 e. The minimum atomic E-state index is -0.389. The van der Waals surface area contributed by atoms with E-state index in [0.29, 0.717) is 18.5 Å². The van der Waals surface area contributed by atoms with Crippen molar-refractivity contribution >= 4 is 28.5 Å². The van der Waals surface area contributed by atoms with Crippen molar-refractivity contribution in [3.63, 3.8) is 0 Å². The number of rotatable bonds is 3. The van der Waals surface area contributed by atoms with Crippen molar-refractivity contribution in [2.75, 3.05) is 6.54 Å². The first kappa shape index (κ1) is 10.5. The molecule has 13 heavy (non-hydrogen) atoms. The molecular weight excluding hydrogens is 279 g/mol. The maximum absolute atomic E-state index is 11.0. The van der Waals surface area contributed by atoms with Gasteiger partial charge in [-0.25, -0.2) is 0 Å². The Hall–Kier alpha value is -0.620. The lowest BCUT2D eigenvalue weighted by Crippen LogP contribution is -2.15. The monoisotopic (exact) mass is 290 g/mol. The van der Waals surface area contributed by atoms with Gasteiger partial charge in [-0.1, -0.05) is 0 Å². The van der Waals surface area contributed by atoms with Crippen LogP contribution in [0.4, 0.5) is 0 Å². The fourth-order valence-electron chi connectivity index (χ4n) is 1.17. The van der Waals surface area contributed by atoms with Crippen LogP contribution in [-0.4, -0.2) is 12.5 Å². The van der Waals surface area contributed by atoms with Gasteiger partial charge in [0.25, 0.3) is 0 Å². The van der Waals surface area contributed by atoms with Crippen molar-refractivity contribution < 1.29 is 4.79 Å². The average molecular weight is 290 g/mol. The summed E-state index contributed by atoms with van der Waals surface area (Å²) in [5.74, 6) is -0.389. The third-order valence-electron chi connectivity index (χ3n) is 1.75. The van der Waals surface area contributed by atoms with Crippen LogP contribution in [-0.2, 0) is 6.42 Å². The summed E-state index contributed by atoms with van der Waals surface area (Å²) in [4.78, 5) is 11.0. The molecule has 1 aromatic rings. The van der Waals surface area contributed by atoms with Gasteiger partial charge < -0.3 is 11.5 Å². The fraction of sp³-hybridized carbons (Fsp3) is 0.222. The molecule has 0 aliphatic heterocycles. The zero-order valence-corrected chi connectivity index (χ0v) is 9.24. The van der Waals surface area contributed by atoms with Crippen LogP contribution in [0.1, 0.15) is 15.9 Å². The fourth-order valence-corrected chi connectivity index (χ4v) is 1.72. The van der Waals surface area contributed by atoms with E-state index in [1.165, 1.54) is 0 Å². The second kappa shape index (κ2) is 4.57. The van der Waals surface area contributed by atoms with E-state index in [2.05, 4.69) is 22.6 Å². The van der Waals surface area contributed by atoms with Crippen LogP contribution in [0.25, 0.3) is 0 Å². The largest absolute Gasteiger partial charge is 0.366 e. The van der Waals surface area contributed by atoms with Crippen molar-refractivity contribution in [2.45, 2.75) is 6.42 Å². The summed E-state index contributed by atoms with van der Waals surface area (Å²) in [5.41, 5.74) is 12.1. The highest BCUT2D eigenvalue weighted by Crippen LogP contribution is 2.13. The Morgan fingerprint density at radius 2 is 2.15 bits per heavy atom. The highest BCUT2D eigenvalue weighted by Gasteiger charge is 2.06. The van der Waals surface area contributed by atoms with Crippen molar-refractivity contribution in [3.8, 4) is 0 Å². The van der Waals surface area contributed by atoms with Gasteiger partial charge >= 0.3 is 0 Å². The van der Waals surface area contributed by atoms with Crippen molar-refractivity contribution in [1.82, 2.24) is 0 Å². The van der Waals surface area contributed by atoms with Gasteiger partial charge in [0.1, 0.15) is 0 Å². The quantitative estimate of drug-likeness (QED) is 0.812. The van der Waals surface area contributed by atoms with Gasteiger partial charge in [-0.2, -0.15) is 0 Å². The van der Waals surface area contributed by atoms with E-state index in [-0.39, 0.29) is 5.91 Å². The number of benzene rings is 1. The van der Waals surface area contributed by atoms with Crippen LogP contribution >= 0.6 is 22.6 Å². The molecular formula is C9H11IN2O. The molecule has 0 bridgehead atoms. The highest BCUT2D eigenvalue weighted by molar-refractivity contribution is 14.1. The van der Waals surface area contributed by atoms with Gasteiger partial charge in [-0.3, -0.25) is 4.79 Å². The SMILES string of the molecule is NCCc1cc(I)ccc1C(N)=O. The van der Waals surface area contributed by atoms with Gasteiger partial charge in [0.2, 0.25) is 5.91 Å². The maximum Gasteiger partial charge on any atom is 0.248 e. The molecule has 1 aromatic carbocycles. The molecule has 0 aromatic heterocycles. The molecule has 0 radical (unpaired) electrons. The number of hydrogen-bond donors (Lipinski definition) is 2. The zero-order chi connectivity index (χ0) is 9.84. The van der Waals surface area contributed by atoms with Crippen LogP contribution < -0.4 is 11.5 Å². The first-order valence-electron chi connectivity index (χ1n) is 3.93. The van der Waals surface area contributed by atoms with Gasteiger partial charge in [-0.05, 0) is 59.3 Å². The van der Waals surface area contributed by atoms with Crippen LogP contribution in [0.3, 0.4) is 0 Å². The van der Waals surface area contributed by atoms with Crippen molar-refractivity contribution in [3.05, 3.63) is 32.9 Å². The molecule has 0 atom stereocenters. The second-order valence-electron chi connectivity index (χ2n) is 2.70. The van der Waals surface area contributed by atoms with Gasteiger partial charge in [-0.15, -0.1) is 0 Å². The third-order valence-corrected chi connectivity index (χ3v) is 2.42. The topological polar surface area (TPSA) is 69.1 Å². The van der Waals surface area contributed by atoms with E-state index in [1.807, 2.05) is 12.1 Å². The van der Waals surface area contributed by atoms with E-state index in [4.69, 9.17) is 11.5 Å². The Morgan fingerprint density at radius 3 is 2.69 bits per heavy atom. The Bertz CT molecular complexity index is 325. The molecule has 4 N–H and O–H groups in total. The van der Waals surface area contributed by atoms with Crippen LogP contribution in [0.2, 0.25) is 0 Å². The zero-order valence-electron chi connectivity index (χ0n) is 7.09. The number of halogens is 1. The van der Waals surface area contributed by atoms with Gasteiger partial charge in [0.15, 0.2) is 0 Å². The lowest BCUT2D eigenvalue weighted by atomic mass is 10.0. The molecule has 0 saturated heterocycles. The summed E-state index contributed by atoms with van der Waals surface area (Å²) in [7, 11) is 0. The molecule has 4 heteroatoms. The summed E-state index contributed by atoms with van der Waals surface area (Å²) in [6.45, 7) is 0.528. The first-order valence-corrected chi connectivity index (χ1v) is 5.01. The molecule has 0 spiro atoms. The van der Waals surface area contributed by atoms with Crippen molar-refractivity contribution in [2.24, 2.45) is 11.5 Å². The second-order valence-corrected chi connectivity index (χ2v) is 3.95. The molecule has 1 rings (SSSR count). The van der Waals surface area contributed by atoms with E-state index in [0.717, 1.165) is 9.13 Å². The number of carbonyl (C=O) groups excluding carboxylic acids is 1. The molecule has 1 amide bonds. The predicted octanol–water partition coefficient (Wildman–Crippen LogP) is 0.891. The summed E-state index contributed by atoms with van der Waals surface area (Å²) in [6.07, 6.45) is 0.690. The number of primary amides is 1.